The fraction of sp³-hybridized carbons (Fsp3) is 0.647. The Bertz CT molecular complexity index is 597. The van der Waals surface area contributed by atoms with Crippen molar-refractivity contribution in [1.29, 1.82) is 0 Å². The van der Waals surface area contributed by atoms with Gasteiger partial charge in [-0.25, -0.2) is 18.2 Å². The van der Waals surface area contributed by atoms with Crippen LogP contribution >= 0.6 is 0 Å². The third kappa shape index (κ3) is 3.99. The van der Waals surface area contributed by atoms with E-state index in [4.69, 9.17) is 4.74 Å². The summed E-state index contributed by atoms with van der Waals surface area (Å²) in [6.45, 7) is 0.822. The molecule has 2 aliphatic rings. The maximum Gasteiger partial charge on any atom is 0.250 e. The van der Waals surface area contributed by atoms with Gasteiger partial charge in [0.2, 0.25) is 11.8 Å². The van der Waals surface area contributed by atoms with Crippen molar-refractivity contribution in [2.45, 2.75) is 50.6 Å². The first kappa shape index (κ1) is 17.0. The van der Waals surface area contributed by atoms with Gasteiger partial charge in [0, 0.05) is 31.5 Å². The lowest BCUT2D eigenvalue weighted by molar-refractivity contribution is -0.145. The Morgan fingerprint density at radius 1 is 1.33 bits per heavy atom. The van der Waals surface area contributed by atoms with Gasteiger partial charge in [-0.05, 0) is 37.8 Å². The molecule has 3 rings (SSSR count). The highest BCUT2D eigenvalue weighted by Gasteiger charge is 2.41. The molecule has 0 aromatic carbocycles. The van der Waals surface area contributed by atoms with Gasteiger partial charge in [-0.3, -0.25) is 4.79 Å². The number of hydrogen-bond donors (Lipinski definition) is 0. The van der Waals surface area contributed by atoms with E-state index in [9.17, 15) is 18.0 Å². The van der Waals surface area contributed by atoms with E-state index in [2.05, 4.69) is 4.98 Å². The second-order valence-corrected chi connectivity index (χ2v) is 6.61. The Labute approximate surface area is 139 Å². The minimum atomic E-state index is -2.75. The molecule has 1 aliphatic carbocycles. The summed E-state index contributed by atoms with van der Waals surface area (Å²) in [5, 5.41) is 0. The predicted molar refractivity (Wildman–Crippen MR) is 81.3 cm³/mol. The smallest absolute Gasteiger partial charge is 0.250 e. The van der Waals surface area contributed by atoms with Gasteiger partial charge in [0.05, 0.1) is 6.54 Å². The number of rotatable bonds is 3. The fourth-order valence-corrected chi connectivity index (χ4v) is 3.49. The number of aromatic nitrogens is 1. The van der Waals surface area contributed by atoms with Crippen LogP contribution in [0.5, 0.6) is 5.88 Å². The van der Waals surface area contributed by atoms with Crippen molar-refractivity contribution < 1.29 is 22.7 Å². The molecule has 0 spiro atoms. The van der Waals surface area contributed by atoms with Gasteiger partial charge in [0.15, 0.2) is 5.82 Å². The number of alkyl halides is 2. The summed E-state index contributed by atoms with van der Waals surface area (Å²) in [6, 6.07) is 2.74. The molecule has 1 aromatic heterocycles. The maximum atomic E-state index is 13.6. The highest BCUT2D eigenvalue weighted by molar-refractivity contribution is 5.79. The van der Waals surface area contributed by atoms with E-state index in [0.29, 0.717) is 32.2 Å². The first-order valence-electron chi connectivity index (χ1n) is 8.38. The molecule has 24 heavy (non-hydrogen) atoms. The molecule has 1 saturated carbocycles. The van der Waals surface area contributed by atoms with Crippen molar-refractivity contribution in [1.82, 2.24) is 9.88 Å². The van der Waals surface area contributed by atoms with Gasteiger partial charge in [0.1, 0.15) is 6.10 Å². The SMILES string of the molecule is O=C([C@H]1CCCC(F)(F)C1)N1CCC[C@H](Oc2ncccc2F)C1. The molecular weight excluding hydrogens is 321 g/mol. The second kappa shape index (κ2) is 6.99. The molecule has 1 aliphatic heterocycles. The zero-order chi connectivity index (χ0) is 17.2. The van der Waals surface area contributed by atoms with E-state index >= 15 is 0 Å². The number of halogens is 3. The van der Waals surface area contributed by atoms with E-state index in [0.717, 1.165) is 0 Å². The van der Waals surface area contributed by atoms with Crippen LogP contribution in [0.1, 0.15) is 38.5 Å². The van der Waals surface area contributed by atoms with Crippen molar-refractivity contribution >= 4 is 5.91 Å². The molecular formula is C17H21F3N2O2. The molecule has 1 aromatic rings. The Balaban J connectivity index is 1.61. The summed E-state index contributed by atoms with van der Waals surface area (Å²) in [6.07, 6.45) is 2.82. The number of carbonyl (C=O) groups is 1. The van der Waals surface area contributed by atoms with Crippen molar-refractivity contribution in [3.63, 3.8) is 0 Å². The van der Waals surface area contributed by atoms with Crippen LogP contribution in [0.3, 0.4) is 0 Å². The molecule has 2 fully saturated rings. The Hall–Kier alpha value is -1.79. The van der Waals surface area contributed by atoms with E-state index in [1.54, 1.807) is 4.90 Å². The van der Waals surface area contributed by atoms with Crippen LogP contribution in [-0.2, 0) is 4.79 Å². The molecule has 0 bridgehead atoms. The van der Waals surface area contributed by atoms with Crippen LogP contribution in [0, 0.1) is 11.7 Å². The third-order valence-corrected chi connectivity index (χ3v) is 4.68. The predicted octanol–water partition coefficient (Wildman–Crippen LogP) is 3.42. The number of amides is 1. The number of hydrogen-bond acceptors (Lipinski definition) is 3. The summed E-state index contributed by atoms with van der Waals surface area (Å²) in [4.78, 5) is 18.0. The van der Waals surface area contributed by atoms with Crippen LogP contribution < -0.4 is 4.74 Å². The summed E-state index contributed by atoms with van der Waals surface area (Å²) in [7, 11) is 0. The third-order valence-electron chi connectivity index (χ3n) is 4.68. The van der Waals surface area contributed by atoms with Crippen LogP contribution in [-0.4, -0.2) is 40.9 Å². The van der Waals surface area contributed by atoms with Gasteiger partial charge in [-0.1, -0.05) is 0 Å². The maximum absolute atomic E-state index is 13.6. The Kier molecular flexibility index (Phi) is 4.96. The van der Waals surface area contributed by atoms with Crippen LogP contribution in [0.15, 0.2) is 18.3 Å². The summed E-state index contributed by atoms with van der Waals surface area (Å²) in [5.41, 5.74) is 0. The van der Waals surface area contributed by atoms with Crippen molar-refractivity contribution in [2.75, 3.05) is 13.1 Å². The van der Waals surface area contributed by atoms with Gasteiger partial charge in [-0.15, -0.1) is 0 Å². The average molecular weight is 342 g/mol. The molecule has 4 nitrogen and oxygen atoms in total. The second-order valence-electron chi connectivity index (χ2n) is 6.61. The standard InChI is InChI=1S/C17H21F3N2O2/c18-14-6-2-8-21-15(14)24-13-5-3-9-22(11-13)16(23)12-4-1-7-17(19,20)10-12/h2,6,8,12-13H,1,3-5,7,9-11H2/t12-,13-/m0/s1. The normalized spacial score (nSPS) is 26.9. The number of nitrogens with zero attached hydrogens (tertiary/aromatic N) is 2. The van der Waals surface area contributed by atoms with Gasteiger partial charge < -0.3 is 9.64 Å². The molecule has 0 radical (unpaired) electrons. The number of likely N-dealkylation sites (tertiary alicyclic amines) is 1. The lowest BCUT2D eigenvalue weighted by Crippen LogP contribution is -2.48. The van der Waals surface area contributed by atoms with Crippen LogP contribution in [0.25, 0.3) is 0 Å². The van der Waals surface area contributed by atoms with Gasteiger partial charge in [0.25, 0.3) is 5.88 Å². The zero-order valence-corrected chi connectivity index (χ0v) is 13.4. The molecule has 2 atom stereocenters. The summed E-state index contributed by atoms with van der Waals surface area (Å²) >= 11 is 0. The number of piperidine rings is 1. The highest BCUT2D eigenvalue weighted by atomic mass is 19.3. The van der Waals surface area contributed by atoms with Gasteiger partial charge >= 0.3 is 0 Å². The van der Waals surface area contributed by atoms with Gasteiger partial charge in [-0.2, -0.15) is 0 Å². The monoisotopic (exact) mass is 342 g/mol. The molecule has 2 heterocycles. The fourth-order valence-electron chi connectivity index (χ4n) is 3.49. The van der Waals surface area contributed by atoms with Crippen LogP contribution in [0.2, 0.25) is 0 Å². The first-order valence-corrected chi connectivity index (χ1v) is 8.38. The topological polar surface area (TPSA) is 42.4 Å². The molecule has 0 unspecified atom stereocenters. The molecule has 132 valence electrons. The molecule has 1 saturated heterocycles. The van der Waals surface area contributed by atoms with Crippen molar-refractivity contribution in [3.05, 3.63) is 24.1 Å². The lowest BCUT2D eigenvalue weighted by Gasteiger charge is -2.37. The van der Waals surface area contributed by atoms with Crippen LogP contribution in [0.4, 0.5) is 13.2 Å². The zero-order valence-electron chi connectivity index (χ0n) is 13.4. The Morgan fingerprint density at radius 2 is 2.17 bits per heavy atom. The molecule has 0 N–H and O–H groups in total. The quantitative estimate of drug-likeness (QED) is 0.845. The number of ether oxygens (including phenoxy) is 1. The highest BCUT2D eigenvalue weighted by Crippen LogP contribution is 2.37. The minimum absolute atomic E-state index is 0.0824. The van der Waals surface area contributed by atoms with E-state index in [-0.39, 0.29) is 37.3 Å². The Morgan fingerprint density at radius 3 is 2.92 bits per heavy atom. The average Bonchev–Trinajstić information content (AvgIpc) is 2.56. The van der Waals surface area contributed by atoms with E-state index in [1.807, 2.05) is 0 Å². The number of carbonyl (C=O) groups excluding carboxylic acids is 1. The lowest BCUT2D eigenvalue weighted by atomic mass is 9.85. The largest absolute Gasteiger partial charge is 0.470 e. The molecule has 7 heteroatoms. The van der Waals surface area contributed by atoms with E-state index in [1.165, 1.54) is 18.3 Å². The number of pyridine rings is 1. The van der Waals surface area contributed by atoms with Crippen molar-refractivity contribution in [3.8, 4) is 5.88 Å². The first-order chi connectivity index (χ1) is 11.4. The molecule has 1 amide bonds. The van der Waals surface area contributed by atoms with Crippen molar-refractivity contribution in [2.24, 2.45) is 5.92 Å². The van der Waals surface area contributed by atoms with E-state index < -0.39 is 17.7 Å². The minimum Gasteiger partial charge on any atom is -0.470 e. The summed E-state index contributed by atoms with van der Waals surface area (Å²) in [5.74, 6) is -4.24. The summed E-state index contributed by atoms with van der Waals surface area (Å²) < 4.78 is 46.3.